The Hall–Kier alpha value is -1.64. The van der Waals surface area contributed by atoms with Crippen LogP contribution in [0.25, 0.3) is 10.8 Å². The molecule has 0 saturated heterocycles. The largest absolute Gasteiger partial charge is 0.365 e. The number of aromatic nitrogens is 2. The zero-order chi connectivity index (χ0) is 17.1. The molecule has 0 aliphatic heterocycles. The lowest BCUT2D eigenvalue weighted by molar-refractivity contribution is 0.328. The van der Waals surface area contributed by atoms with Crippen molar-refractivity contribution in [2.75, 3.05) is 5.32 Å². The molecule has 1 heterocycles. The van der Waals surface area contributed by atoms with Gasteiger partial charge in [-0.1, -0.05) is 62.8 Å². The molecule has 2 aromatic rings. The molecule has 1 atom stereocenters. The van der Waals surface area contributed by atoms with E-state index in [1.807, 2.05) is 0 Å². The highest BCUT2D eigenvalue weighted by Crippen LogP contribution is 2.36. The van der Waals surface area contributed by atoms with Gasteiger partial charge in [-0.25, -0.2) is 0 Å². The van der Waals surface area contributed by atoms with Crippen LogP contribution in [-0.4, -0.2) is 16.2 Å². The fraction of sp³-hybridized carbons (Fsp3) is 0.636. The van der Waals surface area contributed by atoms with Crippen molar-refractivity contribution in [3.05, 3.63) is 30.0 Å². The topological polar surface area (TPSA) is 37.8 Å². The summed E-state index contributed by atoms with van der Waals surface area (Å²) in [6.45, 7) is 2.32. The van der Waals surface area contributed by atoms with Crippen LogP contribution in [-0.2, 0) is 0 Å². The maximum absolute atomic E-state index is 4.72. The lowest BCUT2D eigenvalue weighted by atomic mass is 9.84. The first kappa shape index (κ1) is 16.8. The van der Waals surface area contributed by atoms with Crippen LogP contribution >= 0.6 is 0 Å². The van der Waals surface area contributed by atoms with E-state index in [-0.39, 0.29) is 0 Å². The highest BCUT2D eigenvalue weighted by molar-refractivity contribution is 5.93. The summed E-state index contributed by atoms with van der Waals surface area (Å²) < 4.78 is 0. The van der Waals surface area contributed by atoms with Gasteiger partial charge in [0.1, 0.15) is 0 Å². The Morgan fingerprint density at radius 2 is 1.48 bits per heavy atom. The smallest absolute Gasteiger partial charge is 0.156 e. The predicted octanol–water partition coefficient (Wildman–Crippen LogP) is 6.06. The van der Waals surface area contributed by atoms with Gasteiger partial charge >= 0.3 is 0 Å². The molecule has 1 unspecified atom stereocenters. The van der Waals surface area contributed by atoms with Crippen molar-refractivity contribution < 1.29 is 0 Å². The molecule has 25 heavy (non-hydrogen) atoms. The zero-order valence-electron chi connectivity index (χ0n) is 15.5. The minimum absolute atomic E-state index is 0.471. The van der Waals surface area contributed by atoms with Crippen LogP contribution in [0.4, 0.5) is 5.82 Å². The highest BCUT2D eigenvalue weighted by atomic mass is 15.2. The minimum Gasteiger partial charge on any atom is -0.365 e. The van der Waals surface area contributed by atoms with Crippen LogP contribution in [0.15, 0.2) is 24.3 Å². The van der Waals surface area contributed by atoms with E-state index in [0.29, 0.717) is 12.0 Å². The van der Waals surface area contributed by atoms with Crippen molar-refractivity contribution in [2.24, 2.45) is 5.92 Å². The minimum atomic E-state index is 0.471. The quantitative estimate of drug-likeness (QED) is 0.737. The third-order valence-electron chi connectivity index (χ3n) is 6.43. The van der Waals surface area contributed by atoms with Crippen LogP contribution in [0.1, 0.15) is 82.7 Å². The molecule has 2 aliphatic carbocycles. The second-order valence-electron chi connectivity index (χ2n) is 8.15. The Labute approximate surface area is 151 Å². The second kappa shape index (κ2) is 7.72. The summed E-state index contributed by atoms with van der Waals surface area (Å²) in [4.78, 5) is 0. The predicted molar refractivity (Wildman–Crippen MR) is 105 cm³/mol. The Kier molecular flexibility index (Phi) is 5.19. The van der Waals surface area contributed by atoms with E-state index in [4.69, 9.17) is 5.10 Å². The van der Waals surface area contributed by atoms with Crippen molar-refractivity contribution >= 4 is 16.6 Å². The summed E-state index contributed by atoms with van der Waals surface area (Å²) in [5.41, 5.74) is 1.23. The summed E-state index contributed by atoms with van der Waals surface area (Å²) in [5, 5.41) is 15.6. The van der Waals surface area contributed by atoms with Gasteiger partial charge in [0.25, 0.3) is 0 Å². The van der Waals surface area contributed by atoms with E-state index in [1.54, 1.807) is 0 Å². The monoisotopic (exact) mass is 337 g/mol. The first-order valence-corrected chi connectivity index (χ1v) is 10.3. The van der Waals surface area contributed by atoms with Gasteiger partial charge in [-0.3, -0.25) is 0 Å². The lowest BCUT2D eigenvalue weighted by Gasteiger charge is -2.29. The van der Waals surface area contributed by atoms with Crippen molar-refractivity contribution in [1.29, 1.82) is 0 Å². The van der Waals surface area contributed by atoms with Gasteiger partial charge < -0.3 is 5.32 Å². The maximum atomic E-state index is 4.72. The van der Waals surface area contributed by atoms with Crippen molar-refractivity contribution in [3.63, 3.8) is 0 Å². The van der Waals surface area contributed by atoms with Crippen molar-refractivity contribution in [1.82, 2.24) is 10.2 Å². The van der Waals surface area contributed by atoms with Gasteiger partial charge in [-0.05, 0) is 38.5 Å². The van der Waals surface area contributed by atoms with Crippen molar-refractivity contribution in [3.8, 4) is 0 Å². The first-order valence-electron chi connectivity index (χ1n) is 10.3. The first-order chi connectivity index (χ1) is 12.3. The number of benzene rings is 1. The summed E-state index contributed by atoms with van der Waals surface area (Å²) in [5.74, 6) is 2.34. The molecule has 4 rings (SSSR count). The van der Waals surface area contributed by atoms with Gasteiger partial charge in [0, 0.05) is 22.7 Å². The van der Waals surface area contributed by atoms with Gasteiger partial charge in [0.15, 0.2) is 5.82 Å². The van der Waals surface area contributed by atoms with Crippen molar-refractivity contribution in [2.45, 2.75) is 83.1 Å². The lowest BCUT2D eigenvalue weighted by Crippen LogP contribution is -2.28. The van der Waals surface area contributed by atoms with Crippen LogP contribution in [0, 0.1) is 5.92 Å². The molecule has 0 spiro atoms. The summed E-state index contributed by atoms with van der Waals surface area (Å²) in [6, 6.07) is 9.20. The van der Waals surface area contributed by atoms with E-state index in [1.165, 1.54) is 80.7 Å². The molecule has 2 fully saturated rings. The van der Waals surface area contributed by atoms with E-state index >= 15 is 0 Å². The van der Waals surface area contributed by atoms with Gasteiger partial charge in [0.2, 0.25) is 0 Å². The fourth-order valence-corrected chi connectivity index (χ4v) is 4.88. The van der Waals surface area contributed by atoms with Crippen LogP contribution < -0.4 is 5.32 Å². The average molecular weight is 338 g/mol. The number of rotatable bonds is 4. The third-order valence-corrected chi connectivity index (χ3v) is 6.43. The normalized spacial score (nSPS) is 21.3. The van der Waals surface area contributed by atoms with Crippen LogP contribution in [0.2, 0.25) is 0 Å². The molecular weight excluding hydrogens is 306 g/mol. The second-order valence-corrected chi connectivity index (χ2v) is 8.15. The average Bonchev–Trinajstić information content (AvgIpc) is 2.69. The molecule has 3 heteroatoms. The Balaban J connectivity index is 1.61. The zero-order valence-corrected chi connectivity index (χ0v) is 15.5. The molecule has 2 saturated carbocycles. The standard InChI is InChI=1S/C22H31N3/c1-16(17-10-4-2-5-11-17)23-22-20-15-9-8-14-19(20)21(24-25-22)18-12-6-3-7-13-18/h8-9,14-18H,2-7,10-13H2,1H3,(H,23,25). The molecular formula is C22H31N3. The van der Waals surface area contributed by atoms with E-state index in [9.17, 15) is 0 Å². The highest BCUT2D eigenvalue weighted by Gasteiger charge is 2.23. The molecule has 1 N–H and O–H groups in total. The molecule has 2 aliphatic rings. The van der Waals surface area contributed by atoms with E-state index < -0.39 is 0 Å². The summed E-state index contributed by atoms with van der Waals surface area (Å²) in [6.07, 6.45) is 13.4. The Bertz CT molecular complexity index is 699. The van der Waals surface area contributed by atoms with E-state index in [0.717, 1.165) is 11.7 Å². The SMILES string of the molecule is CC(Nc1nnc(C2CCCCC2)c2ccccc12)C1CCCCC1. The number of anilines is 1. The molecule has 0 amide bonds. The molecule has 1 aromatic heterocycles. The van der Waals surface area contributed by atoms with E-state index in [2.05, 4.69) is 41.6 Å². The molecule has 3 nitrogen and oxygen atoms in total. The van der Waals surface area contributed by atoms with Crippen LogP contribution in [0.3, 0.4) is 0 Å². The number of nitrogens with zero attached hydrogens (tertiary/aromatic N) is 2. The van der Waals surface area contributed by atoms with Gasteiger partial charge in [0.05, 0.1) is 5.69 Å². The number of fused-ring (bicyclic) bond motifs is 1. The summed E-state index contributed by atoms with van der Waals surface area (Å²) in [7, 11) is 0. The molecule has 134 valence electrons. The number of nitrogens with one attached hydrogen (secondary N) is 1. The summed E-state index contributed by atoms with van der Waals surface area (Å²) >= 11 is 0. The molecule has 1 aromatic carbocycles. The third kappa shape index (κ3) is 3.65. The van der Waals surface area contributed by atoms with Gasteiger partial charge in [-0.15, -0.1) is 5.10 Å². The molecule has 0 radical (unpaired) electrons. The molecule has 0 bridgehead atoms. The van der Waals surface area contributed by atoms with Crippen LogP contribution in [0.5, 0.6) is 0 Å². The number of hydrogen-bond acceptors (Lipinski definition) is 3. The number of hydrogen-bond donors (Lipinski definition) is 1. The van der Waals surface area contributed by atoms with Gasteiger partial charge in [-0.2, -0.15) is 5.10 Å². The maximum Gasteiger partial charge on any atom is 0.156 e. The fourth-order valence-electron chi connectivity index (χ4n) is 4.88. The Morgan fingerprint density at radius 3 is 2.20 bits per heavy atom. The Morgan fingerprint density at radius 1 is 0.840 bits per heavy atom.